The highest BCUT2D eigenvalue weighted by atomic mass is 16.6. The topological polar surface area (TPSA) is 52.6 Å². The Morgan fingerprint density at radius 2 is 1.13 bits per heavy atom. The molecule has 0 spiro atoms. The van der Waals surface area contributed by atoms with Gasteiger partial charge in [0.15, 0.2) is 0 Å². The van der Waals surface area contributed by atoms with Crippen LogP contribution in [0.3, 0.4) is 0 Å². The Morgan fingerprint density at radius 1 is 0.579 bits per heavy atom. The van der Waals surface area contributed by atoms with E-state index in [1.165, 1.54) is 22.3 Å². The van der Waals surface area contributed by atoms with Gasteiger partial charge in [0, 0.05) is 11.8 Å². The number of carbonyl (C=O) groups is 2. The van der Waals surface area contributed by atoms with Gasteiger partial charge in [-0.3, -0.25) is 0 Å². The number of rotatable bonds is 5. The fourth-order valence-electron chi connectivity index (χ4n) is 7.16. The molecule has 2 saturated carbocycles. The van der Waals surface area contributed by atoms with Crippen molar-refractivity contribution in [2.24, 2.45) is 17.8 Å². The molecule has 0 aliphatic heterocycles. The molecule has 2 bridgehead atoms. The van der Waals surface area contributed by atoms with E-state index >= 15 is 0 Å². The first-order valence-corrected chi connectivity index (χ1v) is 13.4. The second-order valence-electron chi connectivity index (χ2n) is 10.7. The van der Waals surface area contributed by atoms with E-state index in [1.807, 2.05) is 42.5 Å². The fourth-order valence-corrected chi connectivity index (χ4v) is 7.16. The van der Waals surface area contributed by atoms with Crippen molar-refractivity contribution in [2.75, 3.05) is 0 Å². The van der Waals surface area contributed by atoms with E-state index in [0.717, 1.165) is 12.8 Å². The summed E-state index contributed by atoms with van der Waals surface area (Å²) < 4.78 is 12.4. The van der Waals surface area contributed by atoms with Crippen LogP contribution in [0.15, 0.2) is 109 Å². The van der Waals surface area contributed by atoms with Gasteiger partial charge in [0.1, 0.15) is 12.2 Å². The Kier molecular flexibility index (Phi) is 5.61. The maximum atomic E-state index is 13.2. The molecule has 3 aliphatic carbocycles. The van der Waals surface area contributed by atoms with Gasteiger partial charge in [-0.2, -0.15) is 0 Å². The molecule has 0 aromatic heterocycles. The quantitative estimate of drug-likeness (QED) is 0.286. The number of hydrogen-bond donors (Lipinski definition) is 0. The molecule has 0 saturated heterocycles. The Labute approximate surface area is 222 Å². The molecule has 0 amide bonds. The van der Waals surface area contributed by atoms with Gasteiger partial charge in [-0.15, -0.1) is 0 Å². The van der Waals surface area contributed by atoms with E-state index in [0.29, 0.717) is 23.0 Å². The first-order valence-electron chi connectivity index (χ1n) is 13.4. The standard InChI is InChI=1S/C34H28O4/c35-33(22-12-6-2-7-13-22)37-31-28-20-29(32(31)38-34(36)23-14-8-3-9-15-23)30-26-18-24(21-10-4-1-5-11-21)16-17-25(26)19-27(28)30/h1-18,27-32H,19-20H2. The third kappa shape index (κ3) is 3.83. The summed E-state index contributed by atoms with van der Waals surface area (Å²) in [7, 11) is 0. The largest absolute Gasteiger partial charge is 0.455 e. The van der Waals surface area contributed by atoms with Gasteiger partial charge in [-0.05, 0) is 71.2 Å². The van der Waals surface area contributed by atoms with Gasteiger partial charge in [-0.1, -0.05) is 84.9 Å². The fraction of sp³-hybridized carbons (Fsp3) is 0.235. The first kappa shape index (κ1) is 23.0. The monoisotopic (exact) mass is 500 g/mol. The normalized spacial score (nSPS) is 26.4. The molecule has 6 atom stereocenters. The van der Waals surface area contributed by atoms with Crippen LogP contribution in [0.5, 0.6) is 0 Å². The summed E-state index contributed by atoms with van der Waals surface area (Å²) in [6.07, 6.45) is 0.927. The highest BCUT2D eigenvalue weighted by Crippen LogP contribution is 2.63. The number of esters is 2. The number of fused-ring (bicyclic) bond motifs is 7. The van der Waals surface area contributed by atoms with E-state index in [1.54, 1.807) is 24.3 Å². The maximum absolute atomic E-state index is 13.2. The summed E-state index contributed by atoms with van der Waals surface area (Å²) in [5, 5.41) is 0. The molecule has 0 N–H and O–H groups in total. The minimum atomic E-state index is -0.479. The van der Waals surface area contributed by atoms with Crippen molar-refractivity contribution in [3.05, 3.63) is 131 Å². The highest BCUT2D eigenvalue weighted by Gasteiger charge is 2.63. The smallest absolute Gasteiger partial charge is 0.338 e. The summed E-state index contributed by atoms with van der Waals surface area (Å²) in [5.74, 6) is 0.205. The zero-order chi connectivity index (χ0) is 25.6. The molecule has 4 nitrogen and oxygen atoms in total. The predicted molar refractivity (Wildman–Crippen MR) is 145 cm³/mol. The van der Waals surface area contributed by atoms with E-state index in [9.17, 15) is 9.59 Å². The number of carbonyl (C=O) groups excluding carboxylic acids is 2. The van der Waals surface area contributed by atoms with Crippen LogP contribution in [0.2, 0.25) is 0 Å². The zero-order valence-electron chi connectivity index (χ0n) is 20.9. The van der Waals surface area contributed by atoms with E-state index in [-0.39, 0.29) is 23.8 Å². The van der Waals surface area contributed by atoms with Crippen molar-refractivity contribution < 1.29 is 19.1 Å². The van der Waals surface area contributed by atoms with E-state index in [4.69, 9.17) is 9.47 Å². The summed E-state index contributed by atoms with van der Waals surface area (Å²) in [4.78, 5) is 26.3. The lowest BCUT2D eigenvalue weighted by molar-refractivity contribution is -0.0698. The molecule has 4 heteroatoms. The minimum Gasteiger partial charge on any atom is -0.455 e. The van der Waals surface area contributed by atoms with Crippen molar-refractivity contribution in [3.63, 3.8) is 0 Å². The average Bonchev–Trinajstić information content (AvgIpc) is 3.64. The molecule has 7 rings (SSSR count). The molecule has 0 radical (unpaired) electrons. The second-order valence-corrected chi connectivity index (χ2v) is 10.7. The first-order chi connectivity index (χ1) is 18.7. The third-order valence-corrected chi connectivity index (χ3v) is 8.76. The lowest BCUT2D eigenvalue weighted by atomic mass is 9.76. The molecule has 38 heavy (non-hydrogen) atoms. The van der Waals surface area contributed by atoms with Crippen LogP contribution in [0.1, 0.15) is 44.2 Å². The van der Waals surface area contributed by atoms with Crippen LogP contribution in [0, 0.1) is 17.8 Å². The van der Waals surface area contributed by atoms with Crippen LogP contribution in [-0.2, 0) is 15.9 Å². The number of ether oxygens (including phenoxy) is 2. The van der Waals surface area contributed by atoms with Gasteiger partial charge >= 0.3 is 11.9 Å². The van der Waals surface area contributed by atoms with Crippen molar-refractivity contribution in [3.8, 4) is 11.1 Å². The molecule has 188 valence electrons. The molecule has 0 heterocycles. The van der Waals surface area contributed by atoms with Crippen molar-refractivity contribution >= 4 is 11.9 Å². The minimum absolute atomic E-state index is 0.110. The maximum Gasteiger partial charge on any atom is 0.338 e. The third-order valence-electron chi connectivity index (χ3n) is 8.76. The zero-order valence-corrected chi connectivity index (χ0v) is 20.9. The summed E-state index contributed by atoms with van der Waals surface area (Å²) in [6.45, 7) is 0. The predicted octanol–water partition coefficient (Wildman–Crippen LogP) is 6.71. The molecule has 2 fully saturated rings. The van der Waals surface area contributed by atoms with Gasteiger partial charge in [0.05, 0.1) is 11.1 Å². The van der Waals surface area contributed by atoms with Crippen LogP contribution in [0.25, 0.3) is 11.1 Å². The Bertz CT molecular complexity index is 1480. The average molecular weight is 501 g/mol. The lowest BCUT2D eigenvalue weighted by Crippen LogP contribution is -2.45. The molecular formula is C34H28O4. The lowest BCUT2D eigenvalue weighted by Gasteiger charge is -2.37. The van der Waals surface area contributed by atoms with Crippen molar-refractivity contribution in [2.45, 2.75) is 31.0 Å². The second kappa shape index (κ2) is 9.29. The Morgan fingerprint density at radius 3 is 1.74 bits per heavy atom. The number of hydrogen-bond acceptors (Lipinski definition) is 4. The van der Waals surface area contributed by atoms with Gasteiger partial charge in [0.25, 0.3) is 0 Å². The highest BCUT2D eigenvalue weighted by molar-refractivity contribution is 5.90. The summed E-state index contributed by atoms with van der Waals surface area (Å²) >= 11 is 0. The number of benzene rings is 4. The summed E-state index contributed by atoms with van der Waals surface area (Å²) in [6, 6.07) is 35.4. The molecular weight excluding hydrogens is 472 g/mol. The van der Waals surface area contributed by atoms with Crippen LogP contribution in [0.4, 0.5) is 0 Å². The molecule has 6 unspecified atom stereocenters. The van der Waals surface area contributed by atoms with Crippen LogP contribution < -0.4 is 0 Å². The Hall–Kier alpha value is -4.18. The van der Waals surface area contributed by atoms with Gasteiger partial charge in [0.2, 0.25) is 0 Å². The van der Waals surface area contributed by atoms with Crippen molar-refractivity contribution in [1.29, 1.82) is 0 Å². The van der Waals surface area contributed by atoms with Crippen LogP contribution >= 0.6 is 0 Å². The van der Waals surface area contributed by atoms with E-state index < -0.39 is 12.2 Å². The molecule has 4 aromatic rings. The van der Waals surface area contributed by atoms with Crippen molar-refractivity contribution in [1.82, 2.24) is 0 Å². The SMILES string of the molecule is O=C(OC1C2CC(C1OC(=O)c1ccccc1)C1c3cc(-c4ccccc4)ccc3CC21)c1ccccc1. The van der Waals surface area contributed by atoms with Crippen LogP contribution in [-0.4, -0.2) is 24.1 Å². The van der Waals surface area contributed by atoms with Gasteiger partial charge < -0.3 is 9.47 Å². The Balaban J connectivity index is 1.22. The molecule has 4 aromatic carbocycles. The van der Waals surface area contributed by atoms with E-state index in [2.05, 4.69) is 42.5 Å². The molecule has 3 aliphatic rings. The summed E-state index contributed by atoms with van der Waals surface area (Å²) in [5.41, 5.74) is 6.15. The van der Waals surface area contributed by atoms with Gasteiger partial charge in [-0.25, -0.2) is 9.59 Å².